The molecule has 5 heteroatoms. The number of hydrogen-bond donors (Lipinski definition) is 1. The summed E-state index contributed by atoms with van der Waals surface area (Å²) in [6.07, 6.45) is 0.556. The van der Waals surface area contributed by atoms with Gasteiger partial charge in [0.25, 0.3) is 0 Å². The van der Waals surface area contributed by atoms with Crippen LogP contribution in [0.4, 0.5) is 5.13 Å². The SMILES string of the molecule is CC(C)(C)c1csc(N2CC(CN)CC2=O)n1. The third-order valence-corrected chi connectivity index (χ3v) is 3.89. The lowest BCUT2D eigenvalue weighted by Gasteiger charge is -2.16. The zero-order valence-corrected chi connectivity index (χ0v) is 11.4. The molecule has 0 saturated carbocycles. The van der Waals surface area contributed by atoms with Gasteiger partial charge in [-0.25, -0.2) is 4.98 Å². The summed E-state index contributed by atoms with van der Waals surface area (Å²) in [4.78, 5) is 18.2. The molecule has 1 unspecified atom stereocenters. The molecule has 1 aromatic heterocycles. The molecular weight excluding hydrogens is 234 g/mol. The van der Waals surface area contributed by atoms with E-state index in [0.717, 1.165) is 10.8 Å². The number of nitrogens with two attached hydrogens (primary N) is 1. The lowest BCUT2D eigenvalue weighted by Crippen LogP contribution is -2.26. The highest BCUT2D eigenvalue weighted by molar-refractivity contribution is 7.14. The summed E-state index contributed by atoms with van der Waals surface area (Å²) in [7, 11) is 0. The highest BCUT2D eigenvalue weighted by atomic mass is 32.1. The molecule has 0 spiro atoms. The van der Waals surface area contributed by atoms with Gasteiger partial charge in [0.05, 0.1) is 5.69 Å². The van der Waals surface area contributed by atoms with Crippen LogP contribution in [0.25, 0.3) is 0 Å². The minimum Gasteiger partial charge on any atom is -0.330 e. The maximum atomic E-state index is 11.8. The quantitative estimate of drug-likeness (QED) is 0.873. The van der Waals surface area contributed by atoms with Crippen LogP contribution < -0.4 is 10.6 Å². The van der Waals surface area contributed by atoms with Crippen LogP contribution in [0.2, 0.25) is 0 Å². The Labute approximate surface area is 106 Å². The molecule has 17 heavy (non-hydrogen) atoms. The van der Waals surface area contributed by atoms with Crippen molar-refractivity contribution in [1.29, 1.82) is 0 Å². The molecule has 0 aliphatic carbocycles. The molecule has 0 radical (unpaired) electrons. The maximum Gasteiger partial charge on any atom is 0.229 e. The monoisotopic (exact) mass is 253 g/mol. The van der Waals surface area contributed by atoms with Gasteiger partial charge < -0.3 is 5.73 Å². The summed E-state index contributed by atoms with van der Waals surface area (Å²) >= 11 is 1.54. The number of amides is 1. The molecule has 1 saturated heterocycles. The molecule has 2 heterocycles. The van der Waals surface area contributed by atoms with Crippen molar-refractivity contribution in [3.8, 4) is 0 Å². The standard InChI is InChI=1S/C12H19N3OS/c1-12(2,3)9-7-17-11(14-9)15-6-8(5-13)4-10(15)16/h7-8H,4-6,13H2,1-3H3. The fraction of sp³-hybridized carbons (Fsp3) is 0.667. The molecule has 1 atom stereocenters. The molecule has 1 amide bonds. The summed E-state index contributed by atoms with van der Waals surface area (Å²) in [5.74, 6) is 0.430. The largest absolute Gasteiger partial charge is 0.330 e. The van der Waals surface area contributed by atoms with Crippen LogP contribution in [0.15, 0.2) is 5.38 Å². The van der Waals surface area contributed by atoms with E-state index in [0.29, 0.717) is 19.5 Å². The van der Waals surface area contributed by atoms with Crippen molar-refractivity contribution in [2.75, 3.05) is 18.0 Å². The summed E-state index contributed by atoms with van der Waals surface area (Å²) in [5, 5.41) is 2.86. The van der Waals surface area contributed by atoms with Crippen molar-refractivity contribution >= 4 is 22.4 Å². The van der Waals surface area contributed by atoms with Gasteiger partial charge in [-0.05, 0) is 12.5 Å². The molecule has 0 bridgehead atoms. The second-order valence-electron chi connectivity index (χ2n) is 5.58. The molecule has 4 nitrogen and oxygen atoms in total. The number of carbonyl (C=O) groups excluding carboxylic acids is 1. The molecule has 1 aliphatic rings. The number of carbonyl (C=O) groups is 1. The normalized spacial score (nSPS) is 21.3. The van der Waals surface area contributed by atoms with E-state index in [9.17, 15) is 4.79 Å². The van der Waals surface area contributed by atoms with E-state index in [-0.39, 0.29) is 17.2 Å². The Morgan fingerprint density at radius 2 is 2.29 bits per heavy atom. The lowest BCUT2D eigenvalue weighted by atomic mass is 9.93. The Balaban J connectivity index is 2.19. The summed E-state index contributed by atoms with van der Waals surface area (Å²) < 4.78 is 0. The second-order valence-corrected chi connectivity index (χ2v) is 6.41. The number of thiazole rings is 1. The van der Waals surface area contributed by atoms with Gasteiger partial charge in [-0.2, -0.15) is 0 Å². The number of hydrogen-bond acceptors (Lipinski definition) is 4. The van der Waals surface area contributed by atoms with Crippen LogP contribution in [0, 0.1) is 5.92 Å². The van der Waals surface area contributed by atoms with Gasteiger partial charge in [0.2, 0.25) is 5.91 Å². The van der Waals surface area contributed by atoms with Crippen LogP contribution in [-0.2, 0) is 10.2 Å². The molecule has 2 rings (SSSR count). The average Bonchev–Trinajstić information content (AvgIpc) is 2.82. The van der Waals surface area contributed by atoms with Crippen molar-refractivity contribution in [3.63, 3.8) is 0 Å². The Morgan fingerprint density at radius 1 is 1.59 bits per heavy atom. The number of aromatic nitrogens is 1. The molecule has 1 aliphatic heterocycles. The van der Waals surface area contributed by atoms with E-state index >= 15 is 0 Å². The predicted octanol–water partition coefficient (Wildman–Crippen LogP) is 1.75. The van der Waals surface area contributed by atoms with E-state index in [4.69, 9.17) is 5.73 Å². The summed E-state index contributed by atoms with van der Waals surface area (Å²) in [6.45, 7) is 7.66. The molecule has 94 valence electrons. The number of rotatable bonds is 2. The molecule has 0 aromatic carbocycles. The maximum absolute atomic E-state index is 11.8. The van der Waals surface area contributed by atoms with Crippen LogP contribution in [0.1, 0.15) is 32.9 Å². The van der Waals surface area contributed by atoms with Gasteiger partial charge in [-0.3, -0.25) is 9.69 Å². The van der Waals surface area contributed by atoms with Crippen LogP contribution >= 0.6 is 11.3 Å². The van der Waals surface area contributed by atoms with Crippen LogP contribution in [0.3, 0.4) is 0 Å². The van der Waals surface area contributed by atoms with E-state index < -0.39 is 0 Å². The third kappa shape index (κ3) is 2.50. The zero-order chi connectivity index (χ0) is 12.6. The van der Waals surface area contributed by atoms with Crippen molar-refractivity contribution in [1.82, 2.24) is 4.98 Å². The Hall–Kier alpha value is -0.940. The van der Waals surface area contributed by atoms with Gasteiger partial charge >= 0.3 is 0 Å². The topological polar surface area (TPSA) is 59.2 Å². The first kappa shape index (κ1) is 12.5. The Kier molecular flexibility index (Phi) is 3.23. The van der Waals surface area contributed by atoms with Gasteiger partial charge in [-0.1, -0.05) is 20.8 Å². The van der Waals surface area contributed by atoms with Crippen molar-refractivity contribution < 1.29 is 4.79 Å². The van der Waals surface area contributed by atoms with Crippen molar-refractivity contribution in [3.05, 3.63) is 11.1 Å². The highest BCUT2D eigenvalue weighted by Crippen LogP contribution is 2.31. The Morgan fingerprint density at radius 3 is 2.76 bits per heavy atom. The fourth-order valence-corrected chi connectivity index (χ4v) is 2.94. The first-order valence-corrected chi connectivity index (χ1v) is 6.76. The Bertz CT molecular complexity index is 422. The van der Waals surface area contributed by atoms with Crippen molar-refractivity contribution in [2.45, 2.75) is 32.6 Å². The molecule has 2 N–H and O–H groups in total. The smallest absolute Gasteiger partial charge is 0.229 e. The van der Waals surface area contributed by atoms with E-state index in [2.05, 4.69) is 25.8 Å². The average molecular weight is 253 g/mol. The minimum atomic E-state index is 0.0325. The molecule has 1 fully saturated rings. The highest BCUT2D eigenvalue weighted by Gasteiger charge is 2.32. The zero-order valence-electron chi connectivity index (χ0n) is 10.6. The fourth-order valence-electron chi connectivity index (χ4n) is 1.86. The predicted molar refractivity (Wildman–Crippen MR) is 70.3 cm³/mol. The third-order valence-electron chi connectivity index (χ3n) is 3.03. The van der Waals surface area contributed by atoms with E-state index in [1.54, 1.807) is 16.2 Å². The molecule has 1 aromatic rings. The number of anilines is 1. The van der Waals surface area contributed by atoms with Gasteiger partial charge in [0.1, 0.15) is 0 Å². The minimum absolute atomic E-state index is 0.0325. The number of nitrogens with zero attached hydrogens (tertiary/aromatic N) is 2. The van der Waals surface area contributed by atoms with Crippen molar-refractivity contribution in [2.24, 2.45) is 11.7 Å². The van der Waals surface area contributed by atoms with E-state index in [1.165, 1.54) is 0 Å². The van der Waals surface area contributed by atoms with Gasteiger partial charge in [0, 0.05) is 23.8 Å². The van der Waals surface area contributed by atoms with Gasteiger partial charge in [-0.15, -0.1) is 11.3 Å². The van der Waals surface area contributed by atoms with Crippen LogP contribution in [-0.4, -0.2) is 24.0 Å². The van der Waals surface area contributed by atoms with Gasteiger partial charge in [0.15, 0.2) is 5.13 Å². The first-order chi connectivity index (χ1) is 7.91. The summed E-state index contributed by atoms with van der Waals surface area (Å²) in [6, 6.07) is 0. The van der Waals surface area contributed by atoms with E-state index in [1.807, 2.05) is 5.38 Å². The summed E-state index contributed by atoms with van der Waals surface area (Å²) in [5.41, 5.74) is 6.69. The first-order valence-electron chi connectivity index (χ1n) is 5.88. The lowest BCUT2D eigenvalue weighted by molar-refractivity contribution is -0.117. The van der Waals surface area contributed by atoms with Crippen LogP contribution in [0.5, 0.6) is 0 Å². The second kappa shape index (κ2) is 4.38. The molecular formula is C12H19N3OS.